The first-order valence-corrected chi connectivity index (χ1v) is 7.62. The maximum atomic E-state index is 4.82. The molecule has 0 saturated carbocycles. The predicted octanol–water partition coefficient (Wildman–Crippen LogP) is 4.42. The summed E-state index contributed by atoms with van der Waals surface area (Å²) in [5.41, 5.74) is 3.72. The highest BCUT2D eigenvalue weighted by Gasteiger charge is 2.17. The molecule has 0 spiro atoms. The van der Waals surface area contributed by atoms with Crippen molar-refractivity contribution in [1.82, 2.24) is 10.3 Å². The van der Waals surface area contributed by atoms with Gasteiger partial charge in [0.15, 0.2) is 0 Å². The Morgan fingerprint density at radius 1 is 1.15 bits per heavy atom. The zero-order chi connectivity index (χ0) is 14.6. The maximum absolute atomic E-state index is 4.82. The molecule has 0 aliphatic carbocycles. The molecule has 1 N–H and O–H groups in total. The lowest BCUT2D eigenvalue weighted by Crippen LogP contribution is -2.18. The van der Waals surface area contributed by atoms with E-state index in [2.05, 4.69) is 63.3 Å². The summed E-state index contributed by atoms with van der Waals surface area (Å²) in [6.07, 6.45) is 2.46. The third-order valence-corrected chi connectivity index (χ3v) is 3.59. The summed E-state index contributed by atoms with van der Waals surface area (Å²) < 4.78 is 0. The van der Waals surface area contributed by atoms with Crippen molar-refractivity contribution in [2.24, 2.45) is 0 Å². The second kappa shape index (κ2) is 6.36. The molecule has 1 heterocycles. The number of para-hydroxylation sites is 1. The molecule has 0 saturated heterocycles. The molecule has 108 valence electrons. The Bertz CT molecular complexity index is 567. The lowest BCUT2D eigenvalue weighted by atomic mass is 9.90. The second-order valence-corrected chi connectivity index (χ2v) is 6.46. The molecule has 1 aromatic carbocycles. The number of aromatic nitrogens is 1. The Morgan fingerprint density at radius 2 is 1.90 bits per heavy atom. The van der Waals surface area contributed by atoms with Crippen LogP contribution in [0.2, 0.25) is 0 Å². The van der Waals surface area contributed by atoms with Crippen molar-refractivity contribution >= 4 is 10.9 Å². The van der Waals surface area contributed by atoms with Crippen LogP contribution in [0.5, 0.6) is 0 Å². The molecule has 0 bridgehead atoms. The average molecular weight is 270 g/mol. The number of fused-ring (bicyclic) bond motifs is 1. The number of benzene rings is 1. The van der Waals surface area contributed by atoms with Gasteiger partial charge in [-0.25, -0.2) is 0 Å². The Labute approximate surface area is 122 Å². The van der Waals surface area contributed by atoms with Crippen LogP contribution < -0.4 is 5.32 Å². The van der Waals surface area contributed by atoms with E-state index in [1.54, 1.807) is 0 Å². The zero-order valence-corrected chi connectivity index (χ0v) is 13.2. The van der Waals surface area contributed by atoms with E-state index in [4.69, 9.17) is 4.98 Å². The molecule has 2 aromatic rings. The summed E-state index contributed by atoms with van der Waals surface area (Å²) in [7, 11) is 0. The van der Waals surface area contributed by atoms with Crippen LogP contribution in [0.3, 0.4) is 0 Å². The highest BCUT2D eigenvalue weighted by Crippen LogP contribution is 2.26. The van der Waals surface area contributed by atoms with Crippen LogP contribution in [0.1, 0.15) is 51.8 Å². The smallest absolute Gasteiger partial charge is 0.0708 e. The average Bonchev–Trinajstić information content (AvgIpc) is 2.42. The fourth-order valence-corrected chi connectivity index (χ4v) is 2.30. The van der Waals surface area contributed by atoms with E-state index >= 15 is 0 Å². The van der Waals surface area contributed by atoms with Gasteiger partial charge in [0.2, 0.25) is 0 Å². The minimum atomic E-state index is 0.0855. The number of pyridine rings is 1. The van der Waals surface area contributed by atoms with Crippen LogP contribution in [-0.2, 0) is 12.0 Å². The van der Waals surface area contributed by atoms with Crippen molar-refractivity contribution < 1.29 is 0 Å². The molecule has 0 atom stereocenters. The fraction of sp³-hybridized carbons (Fsp3) is 0.500. The van der Waals surface area contributed by atoms with Gasteiger partial charge in [-0.1, -0.05) is 52.3 Å². The van der Waals surface area contributed by atoms with Crippen molar-refractivity contribution in [3.8, 4) is 0 Å². The van der Waals surface area contributed by atoms with Gasteiger partial charge in [0.25, 0.3) is 0 Å². The van der Waals surface area contributed by atoms with Gasteiger partial charge in [-0.2, -0.15) is 0 Å². The highest BCUT2D eigenvalue weighted by molar-refractivity contribution is 5.82. The van der Waals surface area contributed by atoms with E-state index < -0.39 is 0 Å². The molecule has 0 amide bonds. The van der Waals surface area contributed by atoms with Crippen molar-refractivity contribution in [2.45, 2.75) is 52.5 Å². The van der Waals surface area contributed by atoms with E-state index in [0.29, 0.717) is 0 Å². The predicted molar refractivity (Wildman–Crippen MR) is 87.1 cm³/mol. The highest BCUT2D eigenvalue weighted by atomic mass is 14.8. The largest absolute Gasteiger partial charge is 0.313 e. The van der Waals surface area contributed by atoms with Crippen molar-refractivity contribution in [3.63, 3.8) is 0 Å². The van der Waals surface area contributed by atoms with E-state index in [1.807, 2.05) is 0 Å². The number of rotatable bonds is 5. The molecule has 0 fully saturated rings. The van der Waals surface area contributed by atoms with Crippen LogP contribution in [0, 0.1) is 0 Å². The Hall–Kier alpha value is -1.41. The van der Waals surface area contributed by atoms with Gasteiger partial charge >= 0.3 is 0 Å². The van der Waals surface area contributed by atoms with Gasteiger partial charge < -0.3 is 5.32 Å². The zero-order valence-electron chi connectivity index (χ0n) is 13.2. The van der Waals surface area contributed by atoms with Gasteiger partial charge in [-0.15, -0.1) is 0 Å². The first kappa shape index (κ1) is 15.0. The normalized spacial score (nSPS) is 12.0. The minimum absolute atomic E-state index is 0.0855. The quantitative estimate of drug-likeness (QED) is 0.813. The van der Waals surface area contributed by atoms with Gasteiger partial charge in [0, 0.05) is 23.0 Å². The summed E-state index contributed by atoms with van der Waals surface area (Å²) in [5, 5.41) is 4.81. The van der Waals surface area contributed by atoms with Gasteiger partial charge in [-0.05, 0) is 30.7 Å². The molecule has 0 radical (unpaired) electrons. The third kappa shape index (κ3) is 3.57. The number of hydrogen-bond acceptors (Lipinski definition) is 2. The Kier molecular flexibility index (Phi) is 4.77. The summed E-state index contributed by atoms with van der Waals surface area (Å²) in [6, 6.07) is 10.7. The van der Waals surface area contributed by atoms with Gasteiger partial charge in [0.05, 0.1) is 5.52 Å². The van der Waals surface area contributed by atoms with E-state index in [9.17, 15) is 0 Å². The minimum Gasteiger partial charge on any atom is -0.313 e. The van der Waals surface area contributed by atoms with Gasteiger partial charge in [0.1, 0.15) is 0 Å². The third-order valence-electron chi connectivity index (χ3n) is 3.59. The molecule has 1 aromatic heterocycles. The van der Waals surface area contributed by atoms with Crippen LogP contribution in [-0.4, -0.2) is 11.5 Å². The molecule has 2 heteroatoms. The van der Waals surface area contributed by atoms with E-state index in [0.717, 1.165) is 18.6 Å². The van der Waals surface area contributed by atoms with Gasteiger partial charge in [-0.3, -0.25) is 4.98 Å². The molecule has 2 rings (SSSR count). The Balaban J connectivity index is 2.34. The van der Waals surface area contributed by atoms with E-state index in [-0.39, 0.29) is 5.41 Å². The van der Waals surface area contributed by atoms with Crippen molar-refractivity contribution in [2.75, 3.05) is 6.54 Å². The standard InChI is InChI=1S/C18H26N2/c1-5-6-11-19-13-14-12-17(18(2,3)4)20-16-10-8-7-9-15(14)16/h7-10,12,19H,5-6,11,13H2,1-4H3. The Morgan fingerprint density at radius 3 is 2.60 bits per heavy atom. The lowest BCUT2D eigenvalue weighted by molar-refractivity contribution is 0.569. The van der Waals surface area contributed by atoms with Crippen molar-refractivity contribution in [3.05, 3.63) is 41.6 Å². The number of unbranched alkanes of at least 4 members (excludes halogenated alkanes) is 1. The summed E-state index contributed by atoms with van der Waals surface area (Å²) in [6.45, 7) is 10.9. The SMILES string of the molecule is CCCCNCc1cc(C(C)(C)C)nc2ccccc12. The van der Waals surface area contributed by atoms with Crippen LogP contribution in [0.15, 0.2) is 30.3 Å². The maximum Gasteiger partial charge on any atom is 0.0708 e. The number of nitrogens with one attached hydrogen (secondary N) is 1. The molecular formula is C18H26N2. The molecule has 20 heavy (non-hydrogen) atoms. The van der Waals surface area contributed by atoms with Crippen LogP contribution in [0.25, 0.3) is 10.9 Å². The monoisotopic (exact) mass is 270 g/mol. The first-order chi connectivity index (χ1) is 9.52. The molecule has 0 unspecified atom stereocenters. The second-order valence-electron chi connectivity index (χ2n) is 6.46. The number of nitrogens with zero attached hydrogens (tertiary/aromatic N) is 1. The summed E-state index contributed by atoms with van der Waals surface area (Å²) >= 11 is 0. The molecular weight excluding hydrogens is 244 g/mol. The van der Waals surface area contributed by atoms with Crippen molar-refractivity contribution in [1.29, 1.82) is 0 Å². The van der Waals surface area contributed by atoms with E-state index in [1.165, 1.54) is 29.5 Å². The molecule has 0 aliphatic rings. The number of hydrogen-bond donors (Lipinski definition) is 1. The molecule has 2 nitrogen and oxygen atoms in total. The van der Waals surface area contributed by atoms with Crippen LogP contribution in [0.4, 0.5) is 0 Å². The van der Waals surface area contributed by atoms with Crippen LogP contribution >= 0.6 is 0 Å². The summed E-state index contributed by atoms with van der Waals surface area (Å²) in [4.78, 5) is 4.82. The fourth-order valence-electron chi connectivity index (χ4n) is 2.30. The topological polar surface area (TPSA) is 24.9 Å². The summed E-state index contributed by atoms with van der Waals surface area (Å²) in [5.74, 6) is 0. The first-order valence-electron chi connectivity index (χ1n) is 7.62. The lowest BCUT2D eigenvalue weighted by Gasteiger charge is -2.20. The molecule has 0 aliphatic heterocycles.